The maximum absolute atomic E-state index is 11.8. The molecule has 0 fully saturated rings. The molecule has 0 bridgehead atoms. The van der Waals surface area contributed by atoms with Crippen LogP contribution in [0.15, 0.2) is 29.2 Å². The van der Waals surface area contributed by atoms with Crippen molar-refractivity contribution >= 4 is 10.8 Å². The summed E-state index contributed by atoms with van der Waals surface area (Å²) in [6, 6.07) is 5.85. The molecule has 0 aliphatic heterocycles. The molecule has 0 amide bonds. The molecule has 0 N–H and O–H groups in total. The molecule has 0 spiro atoms. The third kappa shape index (κ3) is 3.22. The van der Waals surface area contributed by atoms with Crippen LogP contribution in [0.5, 0.6) is 0 Å². The van der Waals surface area contributed by atoms with Crippen LogP contribution >= 0.6 is 0 Å². The smallest absolute Gasteiger partial charge is 0.258 e. The van der Waals surface area contributed by atoms with Crippen LogP contribution in [0.2, 0.25) is 0 Å². The average Bonchev–Trinajstić information content (AvgIpc) is 2.40. The highest BCUT2D eigenvalue weighted by Crippen LogP contribution is 2.18. The van der Waals surface area contributed by atoms with Gasteiger partial charge in [-0.05, 0) is 36.4 Å². The predicted octanol–water partition coefficient (Wildman–Crippen LogP) is 4.21. The lowest BCUT2D eigenvalue weighted by atomic mass is 10.0. The Kier molecular flexibility index (Phi) is 7.03. The summed E-state index contributed by atoms with van der Waals surface area (Å²) in [5.74, 6) is 0. The molecule has 0 aliphatic carbocycles. The predicted molar refractivity (Wildman–Crippen MR) is 81.4 cm³/mol. The van der Waals surface area contributed by atoms with E-state index < -0.39 is 0 Å². The molecule has 2 nitrogen and oxygen atoms in total. The first-order valence-corrected chi connectivity index (χ1v) is 6.67. The fourth-order valence-corrected chi connectivity index (χ4v) is 1.97. The number of fused-ring (bicyclic) bond motifs is 1. The van der Waals surface area contributed by atoms with Crippen LogP contribution < -0.4 is 5.56 Å². The van der Waals surface area contributed by atoms with Crippen molar-refractivity contribution in [3.63, 3.8) is 0 Å². The number of benzene rings is 1. The van der Waals surface area contributed by atoms with Crippen LogP contribution in [0.4, 0.5) is 0 Å². The molecule has 18 heavy (non-hydrogen) atoms. The van der Waals surface area contributed by atoms with Gasteiger partial charge in [-0.1, -0.05) is 39.8 Å². The number of rotatable bonds is 0. The lowest BCUT2D eigenvalue weighted by molar-refractivity contribution is 0.865. The van der Waals surface area contributed by atoms with Gasteiger partial charge < -0.3 is 4.57 Å². The van der Waals surface area contributed by atoms with E-state index >= 15 is 0 Å². The van der Waals surface area contributed by atoms with Crippen molar-refractivity contribution in [2.24, 2.45) is 7.05 Å². The number of hydrogen-bond acceptors (Lipinski definition) is 1. The summed E-state index contributed by atoms with van der Waals surface area (Å²) in [6.45, 7) is 12.1. The van der Waals surface area contributed by atoms with Gasteiger partial charge in [0.15, 0.2) is 0 Å². The largest absolute Gasteiger partial charge is 0.318 e. The first-order valence-electron chi connectivity index (χ1n) is 6.67. The summed E-state index contributed by atoms with van der Waals surface area (Å²) < 4.78 is 1.64. The van der Waals surface area contributed by atoms with Gasteiger partial charge in [0, 0.05) is 18.6 Å². The molecule has 100 valence electrons. The number of aromatic nitrogens is 1. The highest BCUT2D eigenvalue weighted by Gasteiger charge is 2.05. The van der Waals surface area contributed by atoms with Crippen molar-refractivity contribution in [1.82, 2.24) is 4.57 Å². The van der Waals surface area contributed by atoms with Gasteiger partial charge in [-0.2, -0.15) is 0 Å². The van der Waals surface area contributed by atoms with E-state index in [1.54, 1.807) is 11.6 Å². The van der Waals surface area contributed by atoms with Gasteiger partial charge >= 0.3 is 0 Å². The summed E-state index contributed by atoms with van der Waals surface area (Å²) in [5.41, 5.74) is 2.40. The zero-order valence-electron chi connectivity index (χ0n) is 12.7. The zero-order valence-corrected chi connectivity index (χ0v) is 12.7. The molecule has 0 unspecified atom stereocenters. The van der Waals surface area contributed by atoms with Crippen molar-refractivity contribution in [3.05, 3.63) is 45.9 Å². The molecule has 0 saturated heterocycles. The van der Waals surface area contributed by atoms with Crippen molar-refractivity contribution in [3.8, 4) is 0 Å². The van der Waals surface area contributed by atoms with E-state index in [0.717, 1.165) is 21.9 Å². The molecule has 1 heterocycles. The average molecular weight is 247 g/mol. The lowest BCUT2D eigenvalue weighted by Crippen LogP contribution is -2.16. The Labute approximate surface area is 110 Å². The molecule has 2 aromatic rings. The summed E-state index contributed by atoms with van der Waals surface area (Å²) in [7, 11) is 1.79. The number of nitrogens with zero attached hydrogens (tertiary/aromatic N) is 1. The minimum Gasteiger partial charge on any atom is -0.318 e. The molecule has 0 saturated carbocycles. The third-order valence-electron chi connectivity index (χ3n) is 2.61. The SMILES string of the molecule is CC.CC.Cc1cccc2c(=O)n(C)cc(C)c12. The monoisotopic (exact) mass is 247 g/mol. The number of hydrogen-bond donors (Lipinski definition) is 0. The minimum atomic E-state index is 0.0781. The fourth-order valence-electron chi connectivity index (χ4n) is 1.97. The summed E-state index contributed by atoms with van der Waals surface area (Å²) in [6.07, 6.45) is 1.89. The maximum atomic E-state index is 11.8. The summed E-state index contributed by atoms with van der Waals surface area (Å²) >= 11 is 0. The van der Waals surface area contributed by atoms with E-state index in [0.29, 0.717) is 0 Å². The molecule has 2 rings (SSSR count). The summed E-state index contributed by atoms with van der Waals surface area (Å²) in [4.78, 5) is 11.8. The quantitative estimate of drug-likeness (QED) is 0.683. The van der Waals surface area contributed by atoms with E-state index in [4.69, 9.17) is 0 Å². The van der Waals surface area contributed by atoms with Crippen LogP contribution in [-0.4, -0.2) is 4.57 Å². The van der Waals surface area contributed by atoms with Gasteiger partial charge in [0.25, 0.3) is 5.56 Å². The van der Waals surface area contributed by atoms with Crippen LogP contribution in [0.1, 0.15) is 38.8 Å². The Hall–Kier alpha value is -1.57. The Bertz CT molecular complexity index is 553. The van der Waals surface area contributed by atoms with Gasteiger partial charge in [0.1, 0.15) is 0 Å². The first-order chi connectivity index (χ1) is 8.61. The second-order valence-corrected chi connectivity index (χ2v) is 3.73. The first kappa shape index (κ1) is 16.4. The maximum Gasteiger partial charge on any atom is 0.258 e. The zero-order chi connectivity index (χ0) is 14.3. The van der Waals surface area contributed by atoms with Gasteiger partial charge in [0.2, 0.25) is 0 Å². The standard InChI is InChI=1S/C12H13NO.2C2H6/c1-8-5-4-6-10-11(8)9(2)7-13(3)12(10)14;2*1-2/h4-7H,1-3H3;2*1-2H3. The molecule has 0 radical (unpaired) electrons. The fraction of sp³-hybridized carbons (Fsp3) is 0.438. The summed E-state index contributed by atoms with van der Waals surface area (Å²) in [5, 5.41) is 1.91. The number of aryl methyl sites for hydroxylation is 3. The highest BCUT2D eigenvalue weighted by atomic mass is 16.1. The molecule has 0 aliphatic rings. The molecule has 1 aromatic heterocycles. The number of pyridine rings is 1. The van der Waals surface area contributed by atoms with Crippen molar-refractivity contribution in [1.29, 1.82) is 0 Å². The molecular weight excluding hydrogens is 222 g/mol. The van der Waals surface area contributed by atoms with Crippen molar-refractivity contribution in [2.45, 2.75) is 41.5 Å². The van der Waals surface area contributed by atoms with Crippen LogP contribution in [0, 0.1) is 13.8 Å². The van der Waals surface area contributed by atoms with E-state index in [1.165, 1.54) is 0 Å². The highest BCUT2D eigenvalue weighted by molar-refractivity contribution is 5.87. The Morgan fingerprint density at radius 2 is 1.50 bits per heavy atom. The third-order valence-corrected chi connectivity index (χ3v) is 2.61. The Balaban J connectivity index is 0.000000659. The van der Waals surface area contributed by atoms with Gasteiger partial charge in [-0.3, -0.25) is 4.79 Å². The van der Waals surface area contributed by atoms with Crippen molar-refractivity contribution < 1.29 is 0 Å². The molecule has 1 aromatic carbocycles. The normalized spacial score (nSPS) is 9.06. The van der Waals surface area contributed by atoms with E-state index in [-0.39, 0.29) is 5.56 Å². The molecular formula is C16H25NO. The van der Waals surface area contributed by atoms with E-state index in [2.05, 4.69) is 0 Å². The second-order valence-electron chi connectivity index (χ2n) is 3.73. The van der Waals surface area contributed by atoms with Gasteiger partial charge in [0.05, 0.1) is 0 Å². The van der Waals surface area contributed by atoms with E-state index in [9.17, 15) is 4.79 Å². The van der Waals surface area contributed by atoms with Crippen LogP contribution in [0.25, 0.3) is 10.8 Å². The van der Waals surface area contributed by atoms with Crippen molar-refractivity contribution in [2.75, 3.05) is 0 Å². The van der Waals surface area contributed by atoms with Crippen LogP contribution in [0.3, 0.4) is 0 Å². The Morgan fingerprint density at radius 3 is 2.06 bits per heavy atom. The minimum absolute atomic E-state index is 0.0781. The molecule has 0 atom stereocenters. The van der Waals surface area contributed by atoms with E-state index in [1.807, 2.05) is 65.9 Å². The second kappa shape index (κ2) is 7.70. The topological polar surface area (TPSA) is 22.0 Å². The lowest BCUT2D eigenvalue weighted by Gasteiger charge is -2.07. The van der Waals surface area contributed by atoms with Crippen LogP contribution in [-0.2, 0) is 7.05 Å². The van der Waals surface area contributed by atoms with Gasteiger partial charge in [-0.25, -0.2) is 0 Å². The molecule has 2 heteroatoms. The van der Waals surface area contributed by atoms with Gasteiger partial charge in [-0.15, -0.1) is 0 Å². The Morgan fingerprint density at radius 1 is 0.944 bits per heavy atom.